The largest absolute Gasteiger partial charge is 0.478 e. The van der Waals surface area contributed by atoms with Crippen molar-refractivity contribution >= 4 is 5.97 Å². The van der Waals surface area contributed by atoms with Crippen molar-refractivity contribution < 1.29 is 9.90 Å². The minimum Gasteiger partial charge on any atom is -0.478 e. The minimum absolute atomic E-state index is 0.296. The number of hydrogen-bond donors (Lipinski definition) is 2. The number of hydrogen-bond acceptors (Lipinski definition) is 3. The van der Waals surface area contributed by atoms with Gasteiger partial charge in [-0.15, -0.1) is 0 Å². The van der Waals surface area contributed by atoms with E-state index >= 15 is 0 Å². The summed E-state index contributed by atoms with van der Waals surface area (Å²) in [4.78, 5) is 10.9. The van der Waals surface area contributed by atoms with Gasteiger partial charge in [0.05, 0.1) is 11.9 Å². The highest BCUT2D eigenvalue weighted by atomic mass is 16.4. The Balaban J connectivity index is 2.04. The Hall–Kier alpha value is -1.36. The van der Waals surface area contributed by atoms with Gasteiger partial charge in [0.25, 0.3) is 0 Å². The van der Waals surface area contributed by atoms with E-state index in [0.717, 1.165) is 5.69 Å². The van der Waals surface area contributed by atoms with Crippen LogP contribution in [-0.4, -0.2) is 26.9 Å². The van der Waals surface area contributed by atoms with E-state index in [9.17, 15) is 4.79 Å². The number of carboxylic acids is 1. The minimum atomic E-state index is -0.909. The number of aromatic nitrogens is 2. The van der Waals surface area contributed by atoms with Gasteiger partial charge in [0, 0.05) is 19.6 Å². The Morgan fingerprint density at radius 3 is 3.00 bits per heavy atom. The maximum absolute atomic E-state index is 10.9. The summed E-state index contributed by atoms with van der Waals surface area (Å²) in [6, 6.07) is 0.557. The molecule has 0 bridgehead atoms. The fourth-order valence-corrected chi connectivity index (χ4v) is 1.70. The third kappa shape index (κ3) is 2.02. The van der Waals surface area contributed by atoms with Crippen molar-refractivity contribution in [1.29, 1.82) is 0 Å². The van der Waals surface area contributed by atoms with E-state index in [1.807, 2.05) is 0 Å². The fraction of sp³-hybridized carbons (Fsp3) is 0.600. The van der Waals surface area contributed by atoms with Crippen LogP contribution in [0.15, 0.2) is 6.20 Å². The summed E-state index contributed by atoms with van der Waals surface area (Å²) in [5, 5.41) is 16.2. The van der Waals surface area contributed by atoms with Gasteiger partial charge in [-0.25, -0.2) is 4.79 Å². The zero-order chi connectivity index (χ0) is 10.8. The first-order chi connectivity index (χ1) is 7.18. The van der Waals surface area contributed by atoms with E-state index in [4.69, 9.17) is 5.11 Å². The van der Waals surface area contributed by atoms with Crippen molar-refractivity contribution in [3.63, 3.8) is 0 Å². The van der Waals surface area contributed by atoms with Gasteiger partial charge >= 0.3 is 5.97 Å². The van der Waals surface area contributed by atoms with Crippen LogP contribution in [0.5, 0.6) is 0 Å². The number of carboxylic acid groups (broad SMARTS) is 1. The Labute approximate surface area is 88.1 Å². The molecule has 1 fully saturated rings. The third-order valence-electron chi connectivity index (χ3n) is 2.96. The molecule has 5 nitrogen and oxygen atoms in total. The predicted octanol–water partition coefficient (Wildman–Crippen LogP) is 0.760. The van der Waals surface area contributed by atoms with Gasteiger partial charge in [-0.05, 0) is 12.8 Å². The lowest BCUT2D eigenvalue weighted by molar-refractivity contribution is 0.0695. The topological polar surface area (TPSA) is 67.2 Å². The first kappa shape index (κ1) is 10.2. The molecule has 0 amide bonds. The molecular formula is C10H15N3O2. The van der Waals surface area contributed by atoms with E-state index in [-0.39, 0.29) is 0 Å². The van der Waals surface area contributed by atoms with Crippen LogP contribution in [0.1, 0.15) is 35.3 Å². The van der Waals surface area contributed by atoms with Crippen LogP contribution in [0.25, 0.3) is 0 Å². The van der Waals surface area contributed by atoms with E-state index < -0.39 is 5.97 Å². The predicted molar refractivity (Wildman–Crippen MR) is 54.6 cm³/mol. The van der Waals surface area contributed by atoms with Crippen molar-refractivity contribution in [2.45, 2.75) is 31.8 Å². The first-order valence-electron chi connectivity index (χ1n) is 5.16. The molecule has 1 saturated carbocycles. The number of aromatic carboxylic acids is 1. The van der Waals surface area contributed by atoms with Gasteiger partial charge in [-0.2, -0.15) is 5.10 Å². The van der Waals surface area contributed by atoms with Gasteiger partial charge in [0.15, 0.2) is 0 Å². The van der Waals surface area contributed by atoms with Crippen LogP contribution in [0.2, 0.25) is 0 Å². The maximum Gasteiger partial charge on any atom is 0.339 e. The molecular weight excluding hydrogens is 194 g/mol. The van der Waals surface area contributed by atoms with Crippen LogP contribution in [-0.2, 0) is 13.6 Å². The molecule has 1 aliphatic rings. The second-order valence-corrected chi connectivity index (χ2v) is 3.94. The molecule has 1 heterocycles. The van der Waals surface area contributed by atoms with Crippen LogP contribution in [0.3, 0.4) is 0 Å². The molecule has 1 aliphatic carbocycles. The molecule has 0 aromatic carbocycles. The normalized spacial score (nSPS) is 16.3. The van der Waals surface area contributed by atoms with Crippen LogP contribution in [0.4, 0.5) is 0 Å². The van der Waals surface area contributed by atoms with Crippen LogP contribution < -0.4 is 5.32 Å². The zero-order valence-electron chi connectivity index (χ0n) is 8.73. The summed E-state index contributed by atoms with van der Waals surface area (Å²) in [5.74, 6) is -0.909. The lowest BCUT2D eigenvalue weighted by atomic mass is 9.93. The van der Waals surface area contributed by atoms with Gasteiger partial charge < -0.3 is 10.4 Å². The SMILES string of the molecule is Cn1ncc(C(=O)O)c1CNC1CCC1. The van der Waals surface area contributed by atoms with Crippen molar-refractivity contribution in [3.8, 4) is 0 Å². The number of rotatable bonds is 4. The van der Waals surface area contributed by atoms with Gasteiger partial charge in [-0.3, -0.25) is 4.68 Å². The molecule has 0 unspecified atom stereocenters. The molecule has 0 aliphatic heterocycles. The lowest BCUT2D eigenvalue weighted by Crippen LogP contribution is -2.35. The number of nitrogens with one attached hydrogen (secondary N) is 1. The van der Waals surface area contributed by atoms with Gasteiger partial charge in [-0.1, -0.05) is 6.42 Å². The third-order valence-corrected chi connectivity index (χ3v) is 2.96. The van der Waals surface area contributed by atoms with Crippen molar-refractivity contribution in [3.05, 3.63) is 17.5 Å². The van der Waals surface area contributed by atoms with E-state index in [0.29, 0.717) is 18.2 Å². The summed E-state index contributed by atoms with van der Waals surface area (Å²) < 4.78 is 1.62. The number of aryl methyl sites for hydroxylation is 1. The fourth-order valence-electron chi connectivity index (χ4n) is 1.70. The van der Waals surface area contributed by atoms with Crippen molar-refractivity contribution in [1.82, 2.24) is 15.1 Å². The molecule has 2 rings (SSSR count). The highest BCUT2D eigenvalue weighted by Gasteiger charge is 2.19. The Kier molecular flexibility index (Phi) is 2.73. The molecule has 0 radical (unpaired) electrons. The molecule has 1 aromatic rings. The van der Waals surface area contributed by atoms with Gasteiger partial charge in [0.2, 0.25) is 0 Å². The molecule has 15 heavy (non-hydrogen) atoms. The summed E-state index contributed by atoms with van der Waals surface area (Å²) in [7, 11) is 1.77. The average molecular weight is 209 g/mol. The first-order valence-corrected chi connectivity index (χ1v) is 5.16. The highest BCUT2D eigenvalue weighted by Crippen LogP contribution is 2.19. The lowest BCUT2D eigenvalue weighted by Gasteiger charge is -2.26. The maximum atomic E-state index is 10.9. The molecule has 82 valence electrons. The highest BCUT2D eigenvalue weighted by molar-refractivity contribution is 5.88. The Morgan fingerprint density at radius 2 is 2.47 bits per heavy atom. The van der Waals surface area contributed by atoms with Crippen molar-refractivity contribution in [2.24, 2.45) is 7.05 Å². The van der Waals surface area contributed by atoms with E-state index in [2.05, 4.69) is 10.4 Å². The van der Waals surface area contributed by atoms with Crippen LogP contribution in [0, 0.1) is 0 Å². The zero-order valence-corrected chi connectivity index (χ0v) is 8.73. The summed E-state index contributed by atoms with van der Waals surface area (Å²) in [6.45, 7) is 0.586. The van der Waals surface area contributed by atoms with Gasteiger partial charge in [0.1, 0.15) is 5.56 Å². The molecule has 0 atom stereocenters. The Bertz CT molecular complexity index is 369. The monoisotopic (exact) mass is 209 g/mol. The molecule has 5 heteroatoms. The standard InChI is InChI=1S/C10H15N3O2/c1-13-9(6-11-7-3-2-4-7)8(5-12-13)10(14)15/h5,7,11H,2-4,6H2,1H3,(H,14,15). The quantitative estimate of drug-likeness (QED) is 0.768. The van der Waals surface area contributed by atoms with E-state index in [1.165, 1.54) is 25.5 Å². The summed E-state index contributed by atoms with van der Waals surface area (Å²) in [5.41, 5.74) is 1.04. The smallest absolute Gasteiger partial charge is 0.339 e. The van der Waals surface area contributed by atoms with Crippen molar-refractivity contribution in [2.75, 3.05) is 0 Å². The second kappa shape index (κ2) is 4.02. The summed E-state index contributed by atoms with van der Waals surface area (Å²) in [6.07, 6.45) is 5.06. The number of carbonyl (C=O) groups is 1. The molecule has 1 aromatic heterocycles. The summed E-state index contributed by atoms with van der Waals surface area (Å²) >= 11 is 0. The second-order valence-electron chi connectivity index (χ2n) is 3.94. The molecule has 0 spiro atoms. The average Bonchev–Trinajstić information content (AvgIpc) is 2.45. The molecule has 2 N–H and O–H groups in total. The van der Waals surface area contributed by atoms with E-state index in [1.54, 1.807) is 11.7 Å². The Morgan fingerprint density at radius 1 is 1.73 bits per heavy atom. The van der Waals surface area contributed by atoms with Crippen LogP contribution >= 0.6 is 0 Å². The number of nitrogens with zero attached hydrogens (tertiary/aromatic N) is 2. The molecule has 0 saturated heterocycles.